The molecule has 0 fully saturated rings. The summed E-state index contributed by atoms with van der Waals surface area (Å²) in [5, 5.41) is 0. The van der Waals surface area contributed by atoms with Crippen LogP contribution in [0.25, 0.3) is 0 Å². The van der Waals surface area contributed by atoms with Gasteiger partial charge in [-0.05, 0) is 12.8 Å². The minimum Gasteiger partial charge on any atom is -0.756 e. The van der Waals surface area contributed by atoms with Crippen molar-refractivity contribution in [2.24, 2.45) is 0 Å². The van der Waals surface area contributed by atoms with Gasteiger partial charge in [-0.1, -0.05) is 438 Å². The molecule has 92 heavy (non-hydrogen) atoms. The maximum absolute atomic E-state index is 12.9. The molecule has 9 nitrogen and oxygen atoms in total. The van der Waals surface area contributed by atoms with Crippen LogP contribution in [0.5, 0.6) is 0 Å². The molecule has 550 valence electrons. The fourth-order valence-corrected chi connectivity index (χ4v) is 14.0. The van der Waals surface area contributed by atoms with Gasteiger partial charge in [0.25, 0.3) is 7.82 Å². The van der Waals surface area contributed by atoms with E-state index in [-0.39, 0.29) is 32.0 Å². The summed E-state index contributed by atoms with van der Waals surface area (Å²) in [7, 11) is 1.20. The normalized spacial score (nSPS) is 12.9. The standard InChI is InChI=1S/C82H164NO8P/c1-6-8-10-12-14-16-18-20-22-24-26-28-30-32-34-36-38-40-42-44-46-48-50-52-54-56-58-60-62-64-66-68-70-72-74-81(84)88-78-80(79-90-92(86,87)89-77-76-83(3,4)5)91-82(85)75-73-71-69-67-65-63-61-59-57-55-53-51-49-47-45-43-41-39-37-35-33-31-29-27-25-23-21-19-17-15-13-11-9-7-2/h80H,6-79H2,1-5H3. The van der Waals surface area contributed by atoms with Gasteiger partial charge in [0.15, 0.2) is 6.10 Å². The molecule has 0 amide bonds. The van der Waals surface area contributed by atoms with Crippen molar-refractivity contribution in [2.75, 3.05) is 47.5 Å². The number of carbonyl (C=O) groups is 2. The number of esters is 2. The molecule has 2 atom stereocenters. The van der Waals surface area contributed by atoms with E-state index in [1.807, 2.05) is 21.1 Å². The fraction of sp³-hybridized carbons (Fsp3) is 0.976. The molecule has 10 heteroatoms. The minimum atomic E-state index is -4.64. The van der Waals surface area contributed by atoms with E-state index >= 15 is 0 Å². The van der Waals surface area contributed by atoms with E-state index < -0.39 is 26.5 Å². The summed E-state index contributed by atoms with van der Waals surface area (Å²) < 4.78 is 34.5. The molecule has 0 aromatic rings. The number of quaternary nitrogens is 1. The quantitative estimate of drug-likeness (QED) is 0.0256. The SMILES string of the molecule is CCCCCCCCCCCCCCCCCCCCCCCCCCCCCCCCCCCCC(=O)OCC(COP(=O)([O-])OCC[N+](C)(C)C)OC(=O)CCCCCCCCCCCCCCCCCCCCCCCCCCCCCCCCCCCC. The van der Waals surface area contributed by atoms with Crippen molar-refractivity contribution >= 4 is 19.8 Å². The Labute approximate surface area is 575 Å². The molecule has 0 rings (SSSR count). The van der Waals surface area contributed by atoms with Gasteiger partial charge < -0.3 is 27.9 Å². The predicted molar refractivity (Wildman–Crippen MR) is 398 cm³/mol. The van der Waals surface area contributed by atoms with Crippen LogP contribution >= 0.6 is 7.82 Å². The van der Waals surface area contributed by atoms with E-state index in [0.29, 0.717) is 17.4 Å². The van der Waals surface area contributed by atoms with Crippen LogP contribution in [0.3, 0.4) is 0 Å². The third-order valence-corrected chi connectivity index (χ3v) is 20.6. The molecular weight excluding hydrogens is 1160 g/mol. The van der Waals surface area contributed by atoms with E-state index in [2.05, 4.69) is 13.8 Å². The largest absolute Gasteiger partial charge is 0.756 e. The zero-order valence-electron chi connectivity index (χ0n) is 63.1. The van der Waals surface area contributed by atoms with Crippen molar-refractivity contribution in [3.63, 3.8) is 0 Å². The summed E-state index contributed by atoms with van der Waals surface area (Å²) >= 11 is 0. The molecular formula is C82H164NO8P. The Morgan fingerprint density at radius 1 is 0.293 bits per heavy atom. The lowest BCUT2D eigenvalue weighted by atomic mass is 10.0. The van der Waals surface area contributed by atoms with Crippen molar-refractivity contribution in [3.8, 4) is 0 Å². The summed E-state index contributed by atoms with van der Waals surface area (Å²) in [5.74, 6) is -0.799. The molecule has 0 radical (unpaired) electrons. The van der Waals surface area contributed by atoms with Gasteiger partial charge in [0.1, 0.15) is 19.8 Å². The first-order valence-electron chi connectivity index (χ1n) is 41.7. The lowest BCUT2D eigenvalue weighted by Crippen LogP contribution is -2.37. The molecule has 0 aliphatic rings. The Morgan fingerprint density at radius 2 is 0.489 bits per heavy atom. The van der Waals surface area contributed by atoms with E-state index in [0.717, 1.165) is 32.1 Å². The number of likely N-dealkylation sites (N-methyl/N-ethyl adjacent to an activating group) is 1. The van der Waals surface area contributed by atoms with Crippen molar-refractivity contribution in [1.82, 2.24) is 0 Å². The second-order valence-electron chi connectivity index (χ2n) is 30.2. The van der Waals surface area contributed by atoms with Crippen LogP contribution in [0, 0.1) is 0 Å². The highest BCUT2D eigenvalue weighted by Gasteiger charge is 2.22. The topological polar surface area (TPSA) is 111 Å². The maximum Gasteiger partial charge on any atom is 0.306 e. The average Bonchev–Trinajstić information content (AvgIpc) is 3.66. The highest BCUT2D eigenvalue weighted by Crippen LogP contribution is 2.38. The molecule has 0 aromatic carbocycles. The number of hydrogen-bond donors (Lipinski definition) is 0. The van der Waals surface area contributed by atoms with Gasteiger partial charge in [0.2, 0.25) is 0 Å². The molecule has 0 saturated heterocycles. The van der Waals surface area contributed by atoms with Crippen LogP contribution in [0.2, 0.25) is 0 Å². The first-order chi connectivity index (χ1) is 45.0. The highest BCUT2D eigenvalue weighted by atomic mass is 31.2. The molecule has 0 saturated carbocycles. The Bertz CT molecular complexity index is 1510. The lowest BCUT2D eigenvalue weighted by molar-refractivity contribution is -0.870. The maximum atomic E-state index is 12.9. The van der Waals surface area contributed by atoms with Crippen LogP contribution in [0.4, 0.5) is 0 Å². The monoisotopic (exact) mass is 1320 g/mol. The first-order valence-corrected chi connectivity index (χ1v) is 43.2. The van der Waals surface area contributed by atoms with Crippen molar-refractivity contribution in [1.29, 1.82) is 0 Å². The molecule has 0 aromatic heterocycles. The average molecular weight is 1320 g/mol. The zero-order chi connectivity index (χ0) is 66.9. The van der Waals surface area contributed by atoms with Gasteiger partial charge in [0, 0.05) is 12.8 Å². The van der Waals surface area contributed by atoms with E-state index in [1.165, 1.54) is 398 Å². The number of nitrogens with zero attached hydrogens (tertiary/aromatic N) is 1. The fourth-order valence-electron chi connectivity index (χ4n) is 13.3. The summed E-state index contributed by atoms with van der Waals surface area (Å²) in [6.45, 7) is 4.35. The van der Waals surface area contributed by atoms with Gasteiger partial charge in [-0.3, -0.25) is 14.2 Å². The van der Waals surface area contributed by atoms with Crippen molar-refractivity contribution in [2.45, 2.75) is 469 Å². The lowest BCUT2D eigenvalue weighted by Gasteiger charge is -2.28. The van der Waals surface area contributed by atoms with Gasteiger partial charge in [-0.15, -0.1) is 0 Å². The number of hydrogen-bond acceptors (Lipinski definition) is 8. The number of phosphoric ester groups is 1. The Morgan fingerprint density at radius 3 is 0.696 bits per heavy atom. The second kappa shape index (κ2) is 74.2. The Balaban J connectivity index is 3.86. The van der Waals surface area contributed by atoms with E-state index in [9.17, 15) is 19.0 Å². The third kappa shape index (κ3) is 78.0. The third-order valence-electron chi connectivity index (χ3n) is 19.6. The van der Waals surface area contributed by atoms with Crippen LogP contribution in [-0.4, -0.2) is 70.0 Å². The molecule has 0 heterocycles. The van der Waals surface area contributed by atoms with E-state index in [1.54, 1.807) is 0 Å². The number of ether oxygens (including phenoxy) is 2. The summed E-state index contributed by atoms with van der Waals surface area (Å²) in [4.78, 5) is 38.2. The Hall–Kier alpha value is -0.990. The molecule has 0 bridgehead atoms. The molecule has 2 unspecified atom stereocenters. The molecule has 0 spiro atoms. The predicted octanol–water partition coefficient (Wildman–Crippen LogP) is 27.0. The van der Waals surface area contributed by atoms with Gasteiger partial charge >= 0.3 is 11.9 Å². The van der Waals surface area contributed by atoms with Gasteiger partial charge in [-0.2, -0.15) is 0 Å². The van der Waals surface area contributed by atoms with Crippen LogP contribution in [-0.2, 0) is 32.7 Å². The Kier molecular flexibility index (Phi) is 73.4. The van der Waals surface area contributed by atoms with Crippen LogP contribution in [0.15, 0.2) is 0 Å². The molecule has 0 N–H and O–H groups in total. The number of carbonyl (C=O) groups excluding carboxylic acids is 2. The summed E-state index contributed by atoms with van der Waals surface area (Å²) in [5.41, 5.74) is 0. The second-order valence-corrected chi connectivity index (χ2v) is 31.6. The van der Waals surface area contributed by atoms with E-state index in [4.69, 9.17) is 18.5 Å². The smallest absolute Gasteiger partial charge is 0.306 e. The van der Waals surface area contributed by atoms with Gasteiger partial charge in [-0.25, -0.2) is 0 Å². The molecule has 0 aliphatic carbocycles. The zero-order valence-corrected chi connectivity index (χ0v) is 64.0. The summed E-state index contributed by atoms with van der Waals surface area (Å²) in [6.07, 6.45) is 92.6. The van der Waals surface area contributed by atoms with Crippen LogP contribution < -0.4 is 4.89 Å². The van der Waals surface area contributed by atoms with Crippen molar-refractivity contribution < 1.29 is 42.1 Å². The molecule has 0 aliphatic heterocycles. The number of rotatable bonds is 80. The number of phosphoric acid groups is 1. The first kappa shape index (κ1) is 91.0. The van der Waals surface area contributed by atoms with Crippen molar-refractivity contribution in [3.05, 3.63) is 0 Å². The number of unbranched alkanes of at least 4 members (excludes halogenated alkanes) is 66. The minimum absolute atomic E-state index is 0.0246. The highest BCUT2D eigenvalue weighted by molar-refractivity contribution is 7.45. The van der Waals surface area contributed by atoms with Gasteiger partial charge in [0.05, 0.1) is 27.7 Å². The van der Waals surface area contributed by atoms with Crippen LogP contribution in [0.1, 0.15) is 463 Å². The summed E-state index contributed by atoms with van der Waals surface area (Å²) in [6, 6.07) is 0.